The smallest absolute Gasteiger partial charge is 0.250 e. The first-order valence-corrected chi connectivity index (χ1v) is 15.7. The Balaban J connectivity index is 1.15. The van der Waals surface area contributed by atoms with Crippen LogP contribution < -0.4 is 37.2 Å². The molecule has 1 saturated heterocycles. The molecule has 43 heavy (non-hydrogen) atoms. The van der Waals surface area contributed by atoms with E-state index in [2.05, 4.69) is 32.3 Å². The van der Waals surface area contributed by atoms with Crippen molar-refractivity contribution in [2.45, 2.75) is 63.7 Å². The number of amides is 4. The molecule has 1 aromatic heterocycles. The largest absolute Gasteiger partial charge is 0.353 e. The molecule has 0 saturated carbocycles. The van der Waals surface area contributed by atoms with Crippen molar-refractivity contribution in [3.8, 4) is 0 Å². The lowest BCUT2D eigenvalue weighted by Crippen LogP contribution is -2.58. The van der Waals surface area contributed by atoms with Gasteiger partial charge in [0.1, 0.15) is 18.1 Å². The summed E-state index contributed by atoms with van der Waals surface area (Å²) in [5, 5.41) is 11.8. The van der Waals surface area contributed by atoms with E-state index < -0.39 is 24.0 Å². The second-order valence-corrected chi connectivity index (χ2v) is 12.7. The van der Waals surface area contributed by atoms with Crippen molar-refractivity contribution < 1.29 is 19.2 Å². The molecule has 4 atom stereocenters. The number of thiophene rings is 1. The highest BCUT2D eigenvalue weighted by Crippen LogP contribution is 2.39. The molecule has 0 bridgehead atoms. The Morgan fingerprint density at radius 3 is 2.70 bits per heavy atom. The Labute approximate surface area is 254 Å². The van der Waals surface area contributed by atoms with Gasteiger partial charge in [0.2, 0.25) is 23.6 Å². The SMILES string of the molecule is CC(C)[C@H](NC(=O)Cc1csc2ccccc12)C(=O)N[C@H]1CCc2cccc3c2N(C1=O)[C@H](C(=O)NCC1CNNN1)C3. The van der Waals surface area contributed by atoms with E-state index in [1.165, 1.54) is 0 Å². The molecular formula is C31H37N7O4S. The predicted octanol–water partition coefficient (Wildman–Crippen LogP) is 1.07. The Morgan fingerprint density at radius 2 is 1.91 bits per heavy atom. The van der Waals surface area contributed by atoms with Crippen LogP contribution in [-0.4, -0.2) is 60.9 Å². The summed E-state index contributed by atoms with van der Waals surface area (Å²) < 4.78 is 1.11. The molecule has 4 heterocycles. The van der Waals surface area contributed by atoms with Gasteiger partial charge in [-0.3, -0.25) is 24.1 Å². The Morgan fingerprint density at radius 1 is 1.09 bits per heavy atom. The first-order chi connectivity index (χ1) is 20.8. The second kappa shape index (κ2) is 12.4. The van der Waals surface area contributed by atoms with E-state index in [9.17, 15) is 19.2 Å². The first-order valence-electron chi connectivity index (χ1n) is 14.8. The third-order valence-corrected chi connectivity index (χ3v) is 9.45. The number of hydrogen-bond donors (Lipinski definition) is 6. The summed E-state index contributed by atoms with van der Waals surface area (Å²) in [5.74, 6) is -1.40. The van der Waals surface area contributed by atoms with E-state index in [1.807, 2.05) is 61.7 Å². The van der Waals surface area contributed by atoms with Crippen molar-refractivity contribution in [1.29, 1.82) is 0 Å². The average molecular weight is 604 g/mol. The van der Waals surface area contributed by atoms with Gasteiger partial charge in [0, 0.05) is 24.2 Å². The third kappa shape index (κ3) is 6.00. The van der Waals surface area contributed by atoms with Crippen LogP contribution in [0.25, 0.3) is 10.1 Å². The number of carbonyl (C=O) groups is 4. The molecule has 0 spiro atoms. The quantitative estimate of drug-likeness (QED) is 0.215. The zero-order valence-corrected chi connectivity index (χ0v) is 25.1. The molecule has 11 nitrogen and oxygen atoms in total. The minimum absolute atomic E-state index is 0.0248. The molecule has 12 heteroatoms. The van der Waals surface area contributed by atoms with Crippen LogP contribution in [0, 0.1) is 5.92 Å². The summed E-state index contributed by atoms with van der Waals surface area (Å²) in [6.07, 6.45) is 1.55. The highest BCUT2D eigenvalue weighted by Gasteiger charge is 2.44. The number of fused-ring (bicyclic) bond motifs is 1. The van der Waals surface area contributed by atoms with Crippen LogP contribution >= 0.6 is 11.3 Å². The van der Waals surface area contributed by atoms with Crippen molar-refractivity contribution in [1.82, 2.24) is 32.3 Å². The topological polar surface area (TPSA) is 144 Å². The van der Waals surface area contributed by atoms with Crippen molar-refractivity contribution >= 4 is 50.7 Å². The summed E-state index contributed by atoms with van der Waals surface area (Å²) in [4.78, 5) is 55.7. The Kier molecular flexibility index (Phi) is 8.44. The van der Waals surface area contributed by atoms with Crippen LogP contribution in [-0.2, 0) is 38.4 Å². The maximum atomic E-state index is 14.0. The number of anilines is 1. The molecule has 1 unspecified atom stereocenters. The Bertz CT molecular complexity index is 1550. The van der Waals surface area contributed by atoms with Gasteiger partial charge in [-0.1, -0.05) is 50.2 Å². The van der Waals surface area contributed by atoms with E-state index in [1.54, 1.807) is 16.2 Å². The normalized spacial score (nSPS) is 21.9. The summed E-state index contributed by atoms with van der Waals surface area (Å²) in [7, 11) is 0. The van der Waals surface area contributed by atoms with Gasteiger partial charge < -0.3 is 16.0 Å². The molecule has 6 N–H and O–H groups in total. The van der Waals surface area contributed by atoms with Gasteiger partial charge >= 0.3 is 0 Å². The number of aryl methyl sites for hydroxylation is 1. The average Bonchev–Trinajstić information content (AvgIpc) is 3.73. The minimum atomic E-state index is -0.829. The lowest BCUT2D eigenvalue weighted by Gasteiger charge is -2.29. The molecule has 3 aliphatic rings. The zero-order chi connectivity index (χ0) is 30.1. The van der Waals surface area contributed by atoms with Gasteiger partial charge in [0.25, 0.3) is 0 Å². The van der Waals surface area contributed by atoms with Crippen LogP contribution in [0.4, 0.5) is 5.69 Å². The maximum absolute atomic E-state index is 14.0. The molecule has 0 aliphatic carbocycles. The van der Waals surface area contributed by atoms with E-state index in [0.29, 0.717) is 32.4 Å². The predicted molar refractivity (Wildman–Crippen MR) is 165 cm³/mol. The number of para-hydroxylation sites is 1. The zero-order valence-electron chi connectivity index (χ0n) is 24.2. The van der Waals surface area contributed by atoms with E-state index in [-0.39, 0.29) is 36.1 Å². The van der Waals surface area contributed by atoms with Gasteiger partial charge in [-0.25, -0.2) is 10.9 Å². The van der Waals surface area contributed by atoms with Crippen LogP contribution in [0.15, 0.2) is 47.8 Å². The fourth-order valence-electron chi connectivity index (χ4n) is 6.18. The monoisotopic (exact) mass is 603 g/mol. The van der Waals surface area contributed by atoms with Crippen LogP contribution in [0.2, 0.25) is 0 Å². The molecule has 3 aromatic rings. The summed E-state index contributed by atoms with van der Waals surface area (Å²) >= 11 is 1.59. The maximum Gasteiger partial charge on any atom is 0.250 e. The van der Waals surface area contributed by atoms with E-state index >= 15 is 0 Å². The van der Waals surface area contributed by atoms with Gasteiger partial charge in [-0.05, 0) is 52.3 Å². The van der Waals surface area contributed by atoms with Crippen molar-refractivity contribution in [2.24, 2.45) is 5.92 Å². The van der Waals surface area contributed by atoms with Crippen LogP contribution in [0.1, 0.15) is 37.0 Å². The minimum Gasteiger partial charge on any atom is -0.353 e. The van der Waals surface area contributed by atoms with Gasteiger partial charge in [-0.2, -0.15) is 5.53 Å². The number of benzene rings is 2. The molecule has 1 fully saturated rings. The van der Waals surface area contributed by atoms with Crippen LogP contribution in [0.5, 0.6) is 0 Å². The molecule has 4 amide bonds. The van der Waals surface area contributed by atoms with E-state index in [0.717, 1.165) is 32.5 Å². The Hall–Kier alpha value is -3.84. The summed E-state index contributed by atoms with van der Waals surface area (Å²) in [6, 6.07) is 11.5. The fourth-order valence-corrected chi connectivity index (χ4v) is 7.14. The van der Waals surface area contributed by atoms with Gasteiger partial charge in [-0.15, -0.1) is 11.3 Å². The molecule has 226 valence electrons. The first kappa shape index (κ1) is 29.2. The summed E-state index contributed by atoms with van der Waals surface area (Å²) in [5.41, 5.74) is 12.5. The van der Waals surface area contributed by atoms with Crippen molar-refractivity contribution in [3.63, 3.8) is 0 Å². The number of hydrogen-bond acceptors (Lipinski definition) is 8. The second-order valence-electron chi connectivity index (χ2n) is 11.8. The van der Waals surface area contributed by atoms with Crippen molar-refractivity contribution in [2.75, 3.05) is 18.0 Å². The lowest BCUT2D eigenvalue weighted by molar-refractivity contribution is -0.132. The highest BCUT2D eigenvalue weighted by atomic mass is 32.1. The molecule has 0 radical (unpaired) electrons. The molecule has 6 rings (SSSR count). The number of nitrogens with zero attached hydrogens (tertiary/aromatic N) is 1. The van der Waals surface area contributed by atoms with E-state index in [4.69, 9.17) is 0 Å². The number of hydrazine groups is 2. The van der Waals surface area contributed by atoms with Crippen LogP contribution in [0.3, 0.4) is 0 Å². The molecule has 2 aromatic carbocycles. The molecule has 3 aliphatic heterocycles. The summed E-state index contributed by atoms with van der Waals surface area (Å²) in [6.45, 7) is 4.79. The lowest BCUT2D eigenvalue weighted by atomic mass is 9.99. The number of carbonyl (C=O) groups excluding carboxylic acids is 4. The molecular weight excluding hydrogens is 566 g/mol. The third-order valence-electron chi connectivity index (χ3n) is 8.44. The number of nitrogens with one attached hydrogen (secondary N) is 6. The number of rotatable bonds is 9. The van der Waals surface area contributed by atoms with Gasteiger partial charge in [0.05, 0.1) is 18.2 Å². The highest BCUT2D eigenvalue weighted by molar-refractivity contribution is 7.17. The van der Waals surface area contributed by atoms with Gasteiger partial charge in [0.15, 0.2) is 0 Å². The fraction of sp³-hybridized carbons (Fsp3) is 0.419. The van der Waals surface area contributed by atoms with Crippen molar-refractivity contribution in [3.05, 3.63) is 64.5 Å². The standard InChI is InChI=1S/C31H37N7O4S/c1-17(2)27(35-26(39)13-20-16-43-25-9-4-3-8-22(20)25)30(41)34-23-11-10-18-6-5-7-19-12-24(38(28(18)19)31(23)42)29(40)32-14-21-15-33-37-36-21/h3-9,16-17,21,23-24,27,33,36-37H,10-15H2,1-2H3,(H,32,40)(H,34,41)(H,35,39)/t21?,23-,24-,27-/m0/s1.